The zero-order valence-corrected chi connectivity index (χ0v) is 9.05. The Morgan fingerprint density at radius 3 is 3.08 bits per heavy atom. The summed E-state index contributed by atoms with van der Waals surface area (Å²) in [7, 11) is 0. The summed E-state index contributed by atoms with van der Waals surface area (Å²) in [5.41, 5.74) is 7.08. The summed E-state index contributed by atoms with van der Waals surface area (Å²) in [6.07, 6.45) is 7.09. The van der Waals surface area contributed by atoms with E-state index in [1.54, 1.807) is 11.8 Å². The second-order valence-electron chi connectivity index (χ2n) is 3.10. The van der Waals surface area contributed by atoms with Crippen LogP contribution >= 0.6 is 11.8 Å². The van der Waals surface area contributed by atoms with Crippen LogP contribution in [-0.2, 0) is 6.54 Å². The Kier molecular flexibility index (Phi) is 4.32. The van der Waals surface area contributed by atoms with Crippen LogP contribution in [0.3, 0.4) is 0 Å². The Bertz CT molecular complexity index is 247. The van der Waals surface area contributed by atoms with Crippen LogP contribution in [0.5, 0.6) is 0 Å². The molecule has 1 aromatic heterocycles. The molecule has 2 N–H and O–H groups in total. The molecule has 13 heavy (non-hydrogen) atoms. The Hall–Kier alpha value is -0.480. The molecule has 0 aliphatic heterocycles. The molecule has 1 rings (SSSR count). The normalized spacial score (nSPS) is 13.2. The van der Waals surface area contributed by atoms with Crippen molar-refractivity contribution in [3.63, 3.8) is 0 Å². The van der Waals surface area contributed by atoms with E-state index in [2.05, 4.69) is 18.3 Å². The van der Waals surface area contributed by atoms with Gasteiger partial charge in [0.1, 0.15) is 0 Å². The number of nitrogens with two attached hydrogens (primary N) is 1. The van der Waals surface area contributed by atoms with Gasteiger partial charge in [-0.05, 0) is 12.7 Å². The van der Waals surface area contributed by atoms with Crippen molar-refractivity contribution >= 4 is 11.8 Å². The molecule has 74 valence electrons. The van der Waals surface area contributed by atoms with E-state index in [1.807, 2.05) is 17.1 Å². The largest absolute Gasteiger partial charge is 0.323 e. The fourth-order valence-corrected chi connectivity index (χ4v) is 1.75. The summed E-state index contributed by atoms with van der Waals surface area (Å²) in [6.45, 7) is 3.12. The number of rotatable bonds is 5. The minimum absolute atomic E-state index is 0.126. The molecule has 0 amide bonds. The van der Waals surface area contributed by atoms with E-state index < -0.39 is 0 Å². The lowest BCUT2D eigenvalue weighted by Gasteiger charge is -2.05. The maximum absolute atomic E-state index is 5.94. The maximum atomic E-state index is 5.94. The molecule has 0 bridgehead atoms. The number of thioether (sulfide) groups is 1. The molecule has 0 radical (unpaired) electrons. The van der Waals surface area contributed by atoms with E-state index in [0.29, 0.717) is 0 Å². The van der Waals surface area contributed by atoms with Crippen molar-refractivity contribution in [1.82, 2.24) is 9.78 Å². The van der Waals surface area contributed by atoms with E-state index in [1.165, 1.54) is 0 Å². The molecule has 0 aromatic carbocycles. The lowest BCUT2D eigenvalue weighted by atomic mass is 10.2. The molecule has 3 nitrogen and oxygen atoms in total. The topological polar surface area (TPSA) is 43.8 Å². The van der Waals surface area contributed by atoms with Gasteiger partial charge in [-0.1, -0.05) is 6.92 Å². The summed E-state index contributed by atoms with van der Waals surface area (Å²) in [5, 5.41) is 4.24. The Labute approximate surface area is 83.7 Å². The van der Waals surface area contributed by atoms with Crippen LogP contribution in [0, 0.1) is 0 Å². The summed E-state index contributed by atoms with van der Waals surface area (Å²) in [5.74, 6) is 0.956. The van der Waals surface area contributed by atoms with E-state index in [-0.39, 0.29) is 6.04 Å². The molecule has 0 aliphatic rings. The Balaban J connectivity index is 2.56. The van der Waals surface area contributed by atoms with Crippen LogP contribution in [0.4, 0.5) is 0 Å². The van der Waals surface area contributed by atoms with Crippen molar-refractivity contribution in [2.24, 2.45) is 5.73 Å². The van der Waals surface area contributed by atoms with Gasteiger partial charge in [-0.25, -0.2) is 0 Å². The van der Waals surface area contributed by atoms with E-state index in [0.717, 1.165) is 24.3 Å². The third kappa shape index (κ3) is 3.04. The Morgan fingerprint density at radius 2 is 2.46 bits per heavy atom. The zero-order chi connectivity index (χ0) is 9.68. The summed E-state index contributed by atoms with van der Waals surface area (Å²) >= 11 is 1.77. The van der Waals surface area contributed by atoms with Crippen LogP contribution in [0.15, 0.2) is 12.4 Å². The Morgan fingerprint density at radius 1 is 1.69 bits per heavy atom. The number of nitrogens with zero attached hydrogens (tertiary/aromatic N) is 2. The minimum atomic E-state index is 0.126. The SMILES string of the molecule is CCCn1cc(C(N)CSC)cn1. The molecular formula is C9H17N3S. The smallest absolute Gasteiger partial charge is 0.0537 e. The third-order valence-corrected chi connectivity index (χ3v) is 2.57. The lowest BCUT2D eigenvalue weighted by molar-refractivity contribution is 0.601. The molecule has 1 atom stereocenters. The monoisotopic (exact) mass is 199 g/mol. The van der Waals surface area contributed by atoms with Crippen LogP contribution in [0.25, 0.3) is 0 Å². The highest BCUT2D eigenvalue weighted by Gasteiger charge is 2.06. The molecule has 0 saturated heterocycles. The summed E-state index contributed by atoms with van der Waals surface area (Å²) in [4.78, 5) is 0. The van der Waals surface area contributed by atoms with Crippen molar-refractivity contribution < 1.29 is 0 Å². The van der Waals surface area contributed by atoms with Crippen molar-refractivity contribution in [3.8, 4) is 0 Å². The number of hydrogen-bond acceptors (Lipinski definition) is 3. The highest BCUT2D eigenvalue weighted by molar-refractivity contribution is 7.98. The summed E-state index contributed by atoms with van der Waals surface area (Å²) < 4.78 is 1.95. The average Bonchev–Trinajstić information content (AvgIpc) is 2.54. The molecule has 0 fully saturated rings. The maximum Gasteiger partial charge on any atom is 0.0537 e. The first-order valence-electron chi connectivity index (χ1n) is 4.54. The van der Waals surface area contributed by atoms with Gasteiger partial charge in [-0.2, -0.15) is 16.9 Å². The summed E-state index contributed by atoms with van der Waals surface area (Å²) in [6, 6.07) is 0.126. The predicted octanol–water partition coefficient (Wildman–Crippen LogP) is 1.66. The second-order valence-corrected chi connectivity index (χ2v) is 4.01. The van der Waals surface area contributed by atoms with Crippen LogP contribution in [0.1, 0.15) is 24.9 Å². The van der Waals surface area contributed by atoms with E-state index in [4.69, 9.17) is 5.73 Å². The number of aromatic nitrogens is 2. The van der Waals surface area contributed by atoms with Gasteiger partial charge < -0.3 is 5.73 Å². The number of aryl methyl sites for hydroxylation is 1. The van der Waals surface area contributed by atoms with Gasteiger partial charge in [0, 0.05) is 30.1 Å². The third-order valence-electron chi connectivity index (χ3n) is 1.88. The molecular weight excluding hydrogens is 182 g/mol. The van der Waals surface area contributed by atoms with Gasteiger partial charge in [0.05, 0.1) is 6.20 Å². The van der Waals surface area contributed by atoms with Gasteiger partial charge in [0.2, 0.25) is 0 Å². The second kappa shape index (κ2) is 5.29. The molecule has 0 saturated carbocycles. The van der Waals surface area contributed by atoms with Crippen LogP contribution in [0.2, 0.25) is 0 Å². The molecule has 1 heterocycles. The van der Waals surface area contributed by atoms with Gasteiger partial charge in [0.15, 0.2) is 0 Å². The molecule has 0 aliphatic carbocycles. The van der Waals surface area contributed by atoms with E-state index in [9.17, 15) is 0 Å². The van der Waals surface area contributed by atoms with Gasteiger partial charge in [-0.15, -0.1) is 0 Å². The first-order valence-corrected chi connectivity index (χ1v) is 5.94. The van der Waals surface area contributed by atoms with Gasteiger partial charge in [0.25, 0.3) is 0 Å². The standard InChI is InChI=1S/C9H17N3S/c1-3-4-12-6-8(5-11-12)9(10)7-13-2/h5-6,9H,3-4,7,10H2,1-2H3. The van der Waals surface area contributed by atoms with Crippen molar-refractivity contribution in [2.45, 2.75) is 25.9 Å². The highest BCUT2D eigenvalue weighted by atomic mass is 32.2. The molecule has 1 unspecified atom stereocenters. The van der Waals surface area contributed by atoms with Gasteiger partial charge >= 0.3 is 0 Å². The number of hydrogen-bond donors (Lipinski definition) is 1. The van der Waals surface area contributed by atoms with Crippen molar-refractivity contribution in [3.05, 3.63) is 18.0 Å². The zero-order valence-electron chi connectivity index (χ0n) is 8.23. The van der Waals surface area contributed by atoms with Crippen LogP contribution in [-0.4, -0.2) is 21.8 Å². The van der Waals surface area contributed by atoms with Gasteiger partial charge in [-0.3, -0.25) is 4.68 Å². The van der Waals surface area contributed by atoms with E-state index >= 15 is 0 Å². The fraction of sp³-hybridized carbons (Fsp3) is 0.667. The first kappa shape index (κ1) is 10.6. The quantitative estimate of drug-likeness (QED) is 0.784. The average molecular weight is 199 g/mol. The minimum Gasteiger partial charge on any atom is -0.323 e. The highest BCUT2D eigenvalue weighted by Crippen LogP contribution is 2.13. The lowest BCUT2D eigenvalue weighted by Crippen LogP contribution is -2.11. The molecule has 1 aromatic rings. The fourth-order valence-electron chi connectivity index (χ4n) is 1.20. The molecule has 0 spiro atoms. The van der Waals surface area contributed by atoms with Crippen molar-refractivity contribution in [1.29, 1.82) is 0 Å². The van der Waals surface area contributed by atoms with Crippen molar-refractivity contribution in [2.75, 3.05) is 12.0 Å². The van der Waals surface area contributed by atoms with Crippen LogP contribution < -0.4 is 5.73 Å². The predicted molar refractivity (Wildman–Crippen MR) is 57.8 cm³/mol. The molecule has 4 heteroatoms. The first-order chi connectivity index (χ1) is 6.27.